The quantitative estimate of drug-likeness (QED) is 0.317. The van der Waals surface area contributed by atoms with E-state index in [1.165, 1.54) is 0 Å². The number of halogens is 1. The van der Waals surface area contributed by atoms with Crippen LogP contribution < -0.4 is 19.2 Å². The van der Waals surface area contributed by atoms with Gasteiger partial charge in [0.25, 0.3) is 0 Å². The zero-order valence-electron chi connectivity index (χ0n) is 18.8. The molecule has 1 aromatic heterocycles. The van der Waals surface area contributed by atoms with Gasteiger partial charge in [0.1, 0.15) is 5.75 Å². The number of hydrogen-bond acceptors (Lipinski definition) is 8. The summed E-state index contributed by atoms with van der Waals surface area (Å²) in [7, 11) is 4.76. The predicted molar refractivity (Wildman–Crippen MR) is 138 cm³/mol. The lowest BCUT2D eigenvalue weighted by molar-refractivity contribution is 0.324. The maximum Gasteiger partial charge on any atom is 0.207 e. The molecule has 1 N–H and O–H groups in total. The zero-order valence-corrected chi connectivity index (χ0v) is 21.2. The van der Waals surface area contributed by atoms with Crippen LogP contribution in [0, 0.1) is 0 Å². The Morgan fingerprint density at radius 2 is 1.79 bits per heavy atom. The molecule has 9 heteroatoms. The molecule has 1 unspecified atom stereocenters. The molecule has 0 saturated heterocycles. The molecule has 34 heavy (non-hydrogen) atoms. The van der Waals surface area contributed by atoms with Crippen molar-refractivity contribution in [1.29, 1.82) is 0 Å². The molecular formula is C25H22BrN3O4S. The second-order valence-electron chi connectivity index (χ2n) is 7.66. The third-order valence-electron chi connectivity index (χ3n) is 5.75. The molecule has 5 rings (SSSR count). The minimum Gasteiger partial charge on any atom is -0.508 e. The number of ether oxygens (including phenoxy) is 3. The molecule has 0 bridgehead atoms. The summed E-state index contributed by atoms with van der Waals surface area (Å²) in [6, 6.07) is 16.9. The van der Waals surface area contributed by atoms with E-state index in [0.29, 0.717) is 23.7 Å². The van der Waals surface area contributed by atoms with Crippen LogP contribution in [0.15, 0.2) is 64.2 Å². The summed E-state index contributed by atoms with van der Waals surface area (Å²) in [5.41, 5.74) is 3.25. The van der Waals surface area contributed by atoms with Crippen molar-refractivity contribution in [3.63, 3.8) is 0 Å². The lowest BCUT2D eigenvalue weighted by Crippen LogP contribution is -2.18. The van der Waals surface area contributed by atoms with Crippen LogP contribution in [0.25, 0.3) is 10.2 Å². The number of aromatic hydroxyl groups is 1. The zero-order chi connectivity index (χ0) is 23.8. The van der Waals surface area contributed by atoms with Gasteiger partial charge in [-0.3, -0.25) is 0 Å². The van der Waals surface area contributed by atoms with E-state index in [4.69, 9.17) is 24.3 Å². The Balaban J connectivity index is 1.66. The van der Waals surface area contributed by atoms with Crippen molar-refractivity contribution < 1.29 is 19.3 Å². The van der Waals surface area contributed by atoms with Crippen LogP contribution in [-0.2, 0) is 0 Å². The van der Waals surface area contributed by atoms with Gasteiger partial charge in [0.15, 0.2) is 11.5 Å². The number of phenolic OH excluding ortho intramolecular Hbond substituents is 1. The summed E-state index contributed by atoms with van der Waals surface area (Å²) >= 11 is 5.10. The van der Waals surface area contributed by atoms with Gasteiger partial charge in [-0.25, -0.2) is 9.99 Å². The number of thiazole rings is 1. The van der Waals surface area contributed by atoms with Gasteiger partial charge in [0.05, 0.1) is 43.3 Å². The van der Waals surface area contributed by atoms with Gasteiger partial charge in [0.2, 0.25) is 10.9 Å². The number of rotatable bonds is 6. The molecule has 4 aromatic rings. The highest BCUT2D eigenvalue weighted by Crippen LogP contribution is 2.46. The second kappa shape index (κ2) is 9.15. The summed E-state index contributed by atoms with van der Waals surface area (Å²) in [6.45, 7) is 0. The van der Waals surface area contributed by atoms with E-state index in [-0.39, 0.29) is 11.8 Å². The monoisotopic (exact) mass is 539 g/mol. The molecule has 1 atom stereocenters. The standard InChI is InChI=1S/C25H22BrN3O4S/c1-31-21-11-9-15(23(32-2)24(21)33-3)18-13-19(16-12-14(26)8-10-20(16)30)29(28-18)25-27-17-6-4-5-7-22(17)34-25/h4-12,19,30H,13H2,1-3H3. The van der Waals surface area contributed by atoms with E-state index in [1.54, 1.807) is 38.7 Å². The van der Waals surface area contributed by atoms with Crippen molar-refractivity contribution in [3.05, 3.63) is 70.2 Å². The lowest BCUT2D eigenvalue weighted by atomic mass is 9.97. The highest BCUT2D eigenvalue weighted by Gasteiger charge is 2.35. The fourth-order valence-electron chi connectivity index (χ4n) is 4.17. The first kappa shape index (κ1) is 22.5. The van der Waals surface area contributed by atoms with E-state index in [1.807, 2.05) is 53.5 Å². The molecule has 0 spiro atoms. The number of anilines is 1. The lowest BCUT2D eigenvalue weighted by Gasteiger charge is -2.22. The predicted octanol–water partition coefficient (Wildman–Crippen LogP) is 6.15. The van der Waals surface area contributed by atoms with Gasteiger partial charge >= 0.3 is 0 Å². The highest BCUT2D eigenvalue weighted by molar-refractivity contribution is 9.10. The van der Waals surface area contributed by atoms with Crippen molar-refractivity contribution in [3.8, 4) is 23.0 Å². The third kappa shape index (κ3) is 3.84. The minimum atomic E-state index is -0.258. The molecule has 0 aliphatic carbocycles. The topological polar surface area (TPSA) is 76.4 Å². The molecule has 174 valence electrons. The Morgan fingerprint density at radius 1 is 1.00 bits per heavy atom. The summed E-state index contributed by atoms with van der Waals surface area (Å²) in [5.74, 6) is 1.83. The van der Waals surface area contributed by atoms with Crippen LogP contribution in [0.1, 0.15) is 23.6 Å². The number of fused-ring (bicyclic) bond motifs is 1. The molecule has 0 amide bonds. The molecule has 2 heterocycles. The van der Waals surface area contributed by atoms with Crippen LogP contribution >= 0.6 is 27.3 Å². The summed E-state index contributed by atoms with van der Waals surface area (Å²) < 4.78 is 18.7. The second-order valence-corrected chi connectivity index (χ2v) is 9.59. The minimum absolute atomic E-state index is 0.204. The maximum atomic E-state index is 10.7. The Kier molecular flexibility index (Phi) is 6.05. The number of phenols is 1. The van der Waals surface area contributed by atoms with Crippen LogP contribution in [0.4, 0.5) is 5.13 Å². The van der Waals surface area contributed by atoms with E-state index < -0.39 is 0 Å². The van der Waals surface area contributed by atoms with Crippen LogP contribution in [0.5, 0.6) is 23.0 Å². The molecule has 7 nitrogen and oxygen atoms in total. The van der Waals surface area contributed by atoms with E-state index >= 15 is 0 Å². The average molecular weight is 540 g/mol. The summed E-state index contributed by atoms with van der Waals surface area (Å²) in [6.07, 6.45) is 0.534. The van der Waals surface area contributed by atoms with Crippen LogP contribution in [-0.4, -0.2) is 37.1 Å². The molecule has 1 aliphatic rings. The molecule has 3 aromatic carbocycles. The molecule has 1 aliphatic heterocycles. The van der Waals surface area contributed by atoms with Gasteiger partial charge in [-0.15, -0.1) is 0 Å². The van der Waals surface area contributed by atoms with Gasteiger partial charge in [-0.2, -0.15) is 5.10 Å². The van der Waals surface area contributed by atoms with E-state index in [9.17, 15) is 5.11 Å². The SMILES string of the molecule is COc1ccc(C2=NN(c3nc4ccccc4s3)C(c3cc(Br)ccc3O)C2)c(OC)c1OC. The number of methoxy groups -OCH3 is 3. The summed E-state index contributed by atoms with van der Waals surface area (Å²) in [5, 5.41) is 18.4. The molecular weight excluding hydrogens is 518 g/mol. The van der Waals surface area contributed by atoms with Crippen LogP contribution in [0.2, 0.25) is 0 Å². The largest absolute Gasteiger partial charge is 0.508 e. The van der Waals surface area contributed by atoms with Gasteiger partial charge in [0, 0.05) is 22.0 Å². The summed E-state index contributed by atoms with van der Waals surface area (Å²) in [4.78, 5) is 4.82. The fourth-order valence-corrected chi connectivity index (χ4v) is 5.52. The van der Waals surface area contributed by atoms with Crippen LogP contribution in [0.3, 0.4) is 0 Å². The number of para-hydroxylation sites is 1. The van der Waals surface area contributed by atoms with Crippen molar-refractivity contribution in [2.75, 3.05) is 26.3 Å². The first-order valence-electron chi connectivity index (χ1n) is 10.5. The van der Waals surface area contributed by atoms with Crippen molar-refractivity contribution in [1.82, 2.24) is 4.98 Å². The smallest absolute Gasteiger partial charge is 0.207 e. The molecule has 0 fully saturated rings. The third-order valence-corrected chi connectivity index (χ3v) is 7.27. The number of hydrogen-bond donors (Lipinski definition) is 1. The number of aromatic nitrogens is 1. The molecule has 0 radical (unpaired) electrons. The van der Waals surface area contributed by atoms with E-state index in [2.05, 4.69) is 15.9 Å². The Hall–Kier alpha value is -3.30. The Morgan fingerprint density at radius 3 is 2.53 bits per heavy atom. The van der Waals surface area contributed by atoms with Gasteiger partial charge in [-0.05, 0) is 42.5 Å². The first-order chi connectivity index (χ1) is 16.5. The fraction of sp³-hybridized carbons (Fsp3) is 0.200. The number of hydrazone groups is 1. The number of benzene rings is 3. The number of nitrogens with zero attached hydrogens (tertiary/aromatic N) is 3. The van der Waals surface area contributed by atoms with Gasteiger partial charge in [-0.1, -0.05) is 39.4 Å². The average Bonchev–Trinajstić information content (AvgIpc) is 3.48. The highest BCUT2D eigenvalue weighted by atomic mass is 79.9. The first-order valence-corrected chi connectivity index (χ1v) is 12.1. The van der Waals surface area contributed by atoms with Crippen molar-refractivity contribution >= 4 is 48.3 Å². The Labute approximate surface area is 209 Å². The van der Waals surface area contributed by atoms with E-state index in [0.717, 1.165) is 36.7 Å². The Bertz CT molecular complexity index is 1370. The maximum absolute atomic E-state index is 10.7. The normalized spacial score (nSPS) is 15.5. The molecule has 0 saturated carbocycles. The van der Waals surface area contributed by atoms with Crippen molar-refractivity contribution in [2.45, 2.75) is 12.5 Å². The van der Waals surface area contributed by atoms with Gasteiger partial charge < -0.3 is 19.3 Å². The van der Waals surface area contributed by atoms with Crippen molar-refractivity contribution in [2.24, 2.45) is 5.10 Å².